The van der Waals surface area contributed by atoms with E-state index < -0.39 is 11.8 Å². The molecule has 0 aliphatic heterocycles. The molecule has 6 nitrogen and oxygen atoms in total. The first kappa shape index (κ1) is 17.1. The van der Waals surface area contributed by atoms with Crippen LogP contribution in [0.25, 0.3) is 0 Å². The third-order valence-corrected chi connectivity index (χ3v) is 3.01. The number of ether oxygens (including phenoxy) is 1. The number of hydrazone groups is 1. The fourth-order valence-corrected chi connectivity index (χ4v) is 1.79. The molecule has 24 heavy (non-hydrogen) atoms. The van der Waals surface area contributed by atoms with Gasteiger partial charge in [0.15, 0.2) is 0 Å². The number of nitrogens with one attached hydrogen (secondary N) is 2. The fourth-order valence-electron chi connectivity index (χ4n) is 1.79. The Labute approximate surface area is 138 Å². The van der Waals surface area contributed by atoms with Crippen molar-refractivity contribution >= 4 is 18.0 Å². The number of rotatable bonds is 6. The van der Waals surface area contributed by atoms with Crippen LogP contribution < -0.4 is 15.5 Å². The predicted octanol–water partition coefficient (Wildman–Crippen LogP) is 1.71. The highest BCUT2D eigenvalue weighted by Gasteiger charge is 2.08. The minimum atomic E-state index is -0.482. The Morgan fingerprint density at radius 1 is 1.21 bits per heavy atom. The van der Waals surface area contributed by atoms with E-state index in [1.807, 2.05) is 0 Å². The zero-order valence-electron chi connectivity index (χ0n) is 13.0. The van der Waals surface area contributed by atoms with Crippen molar-refractivity contribution in [1.82, 2.24) is 10.7 Å². The van der Waals surface area contributed by atoms with Gasteiger partial charge in [-0.05, 0) is 35.9 Å². The van der Waals surface area contributed by atoms with Crippen molar-refractivity contribution in [2.45, 2.75) is 0 Å². The summed E-state index contributed by atoms with van der Waals surface area (Å²) in [7, 11) is 1.50. The van der Waals surface area contributed by atoms with E-state index in [9.17, 15) is 14.0 Å². The van der Waals surface area contributed by atoms with Gasteiger partial charge in [0.1, 0.15) is 11.6 Å². The Morgan fingerprint density at radius 2 is 1.96 bits per heavy atom. The molecular formula is C17H16FN3O3. The number of carbonyl (C=O) groups is 2. The van der Waals surface area contributed by atoms with Gasteiger partial charge in [0, 0.05) is 5.56 Å². The number of hydrogen-bond acceptors (Lipinski definition) is 4. The van der Waals surface area contributed by atoms with Gasteiger partial charge in [0.2, 0.25) is 0 Å². The average Bonchev–Trinajstić information content (AvgIpc) is 2.61. The molecule has 2 aromatic rings. The van der Waals surface area contributed by atoms with Crippen molar-refractivity contribution in [3.63, 3.8) is 0 Å². The zero-order valence-corrected chi connectivity index (χ0v) is 13.0. The molecule has 0 atom stereocenters. The predicted molar refractivity (Wildman–Crippen MR) is 87.5 cm³/mol. The molecule has 0 bridgehead atoms. The molecule has 0 unspecified atom stereocenters. The number of methoxy groups -OCH3 is 1. The largest absolute Gasteiger partial charge is 0.497 e. The Kier molecular flexibility index (Phi) is 6.01. The summed E-state index contributed by atoms with van der Waals surface area (Å²) in [6, 6.07) is 12.2. The second kappa shape index (κ2) is 8.42. The standard InChI is InChI=1S/C17H16FN3O3/c1-24-15-4-2-3-13(9-15)17(23)19-11-16(22)21-20-10-12-5-7-14(18)8-6-12/h2-10H,11H2,1H3,(H,19,23)(H,21,22)/b20-10-. The smallest absolute Gasteiger partial charge is 0.259 e. The Morgan fingerprint density at radius 3 is 2.67 bits per heavy atom. The normalized spacial score (nSPS) is 10.4. The molecule has 2 aromatic carbocycles. The number of benzene rings is 2. The topological polar surface area (TPSA) is 79.8 Å². The average molecular weight is 329 g/mol. The third-order valence-electron chi connectivity index (χ3n) is 3.01. The Balaban J connectivity index is 1.80. The van der Waals surface area contributed by atoms with Crippen molar-refractivity contribution in [1.29, 1.82) is 0 Å². The lowest BCUT2D eigenvalue weighted by Gasteiger charge is -2.05. The maximum absolute atomic E-state index is 12.7. The SMILES string of the molecule is COc1cccc(C(=O)NCC(=O)N/N=C\c2ccc(F)cc2)c1. The summed E-state index contributed by atoms with van der Waals surface area (Å²) < 4.78 is 17.8. The van der Waals surface area contributed by atoms with Gasteiger partial charge in [0.25, 0.3) is 11.8 Å². The second-order valence-electron chi connectivity index (χ2n) is 4.76. The first-order valence-electron chi connectivity index (χ1n) is 7.08. The summed E-state index contributed by atoms with van der Waals surface area (Å²) >= 11 is 0. The van der Waals surface area contributed by atoms with Crippen LogP contribution in [0.1, 0.15) is 15.9 Å². The maximum Gasteiger partial charge on any atom is 0.259 e. The number of nitrogens with zero attached hydrogens (tertiary/aromatic N) is 1. The quantitative estimate of drug-likeness (QED) is 0.625. The van der Waals surface area contributed by atoms with E-state index in [1.54, 1.807) is 24.3 Å². The van der Waals surface area contributed by atoms with Crippen LogP contribution in [0.15, 0.2) is 53.6 Å². The monoisotopic (exact) mass is 329 g/mol. The van der Waals surface area contributed by atoms with Crippen molar-refractivity contribution in [2.75, 3.05) is 13.7 Å². The minimum Gasteiger partial charge on any atom is -0.497 e. The molecule has 2 rings (SSSR count). The lowest BCUT2D eigenvalue weighted by Crippen LogP contribution is -2.34. The van der Waals surface area contributed by atoms with Crippen LogP contribution in [0.5, 0.6) is 5.75 Å². The van der Waals surface area contributed by atoms with Gasteiger partial charge in [0.05, 0.1) is 19.9 Å². The molecule has 0 heterocycles. The van der Waals surface area contributed by atoms with E-state index in [-0.39, 0.29) is 12.4 Å². The van der Waals surface area contributed by atoms with Crippen LogP contribution in [0.2, 0.25) is 0 Å². The molecular weight excluding hydrogens is 313 g/mol. The van der Waals surface area contributed by atoms with E-state index in [4.69, 9.17) is 4.74 Å². The number of amides is 2. The van der Waals surface area contributed by atoms with E-state index in [0.29, 0.717) is 16.9 Å². The lowest BCUT2D eigenvalue weighted by molar-refractivity contribution is -0.120. The summed E-state index contributed by atoms with van der Waals surface area (Å²) in [6.45, 7) is -0.225. The summed E-state index contributed by atoms with van der Waals surface area (Å²) in [5.41, 5.74) is 3.29. The lowest BCUT2D eigenvalue weighted by atomic mass is 10.2. The van der Waals surface area contributed by atoms with Crippen molar-refractivity contribution in [2.24, 2.45) is 5.10 Å². The van der Waals surface area contributed by atoms with Crippen molar-refractivity contribution in [3.8, 4) is 5.75 Å². The van der Waals surface area contributed by atoms with Crippen LogP contribution in [0.3, 0.4) is 0 Å². The van der Waals surface area contributed by atoms with Crippen LogP contribution in [-0.2, 0) is 4.79 Å². The number of hydrogen-bond donors (Lipinski definition) is 2. The summed E-state index contributed by atoms with van der Waals surface area (Å²) in [4.78, 5) is 23.5. The van der Waals surface area contributed by atoms with Crippen LogP contribution in [-0.4, -0.2) is 31.7 Å². The first-order valence-corrected chi connectivity index (χ1v) is 7.08. The van der Waals surface area contributed by atoms with E-state index in [2.05, 4.69) is 15.8 Å². The molecule has 0 saturated carbocycles. The molecule has 0 fully saturated rings. The molecule has 0 spiro atoms. The molecule has 0 saturated heterocycles. The molecule has 0 radical (unpaired) electrons. The maximum atomic E-state index is 12.7. The summed E-state index contributed by atoms with van der Waals surface area (Å²) in [5, 5.41) is 6.21. The van der Waals surface area contributed by atoms with Crippen molar-refractivity contribution < 1.29 is 18.7 Å². The fraction of sp³-hybridized carbons (Fsp3) is 0.118. The van der Waals surface area contributed by atoms with Gasteiger partial charge < -0.3 is 10.1 Å². The molecule has 7 heteroatoms. The molecule has 0 aromatic heterocycles. The second-order valence-corrected chi connectivity index (χ2v) is 4.76. The van der Waals surface area contributed by atoms with Gasteiger partial charge in [-0.1, -0.05) is 18.2 Å². The Bertz CT molecular complexity index is 745. The summed E-state index contributed by atoms with van der Waals surface area (Å²) in [6.07, 6.45) is 1.38. The van der Waals surface area contributed by atoms with Crippen molar-refractivity contribution in [3.05, 3.63) is 65.5 Å². The minimum absolute atomic E-state index is 0.225. The molecule has 2 N–H and O–H groups in total. The van der Waals surface area contributed by atoms with Crippen LogP contribution in [0, 0.1) is 5.82 Å². The Hall–Kier alpha value is -3.22. The van der Waals surface area contributed by atoms with Gasteiger partial charge in [-0.3, -0.25) is 9.59 Å². The van der Waals surface area contributed by atoms with E-state index in [1.165, 1.54) is 37.6 Å². The molecule has 0 aliphatic carbocycles. The number of halogens is 1. The van der Waals surface area contributed by atoms with E-state index >= 15 is 0 Å². The molecule has 2 amide bonds. The third kappa shape index (κ3) is 5.20. The summed E-state index contributed by atoms with van der Waals surface area (Å²) in [5.74, 6) is -0.677. The van der Waals surface area contributed by atoms with Crippen LogP contribution >= 0.6 is 0 Å². The van der Waals surface area contributed by atoms with Gasteiger partial charge >= 0.3 is 0 Å². The van der Waals surface area contributed by atoms with Gasteiger partial charge in [-0.15, -0.1) is 0 Å². The molecule has 0 aliphatic rings. The highest BCUT2D eigenvalue weighted by atomic mass is 19.1. The highest BCUT2D eigenvalue weighted by molar-refractivity contribution is 5.96. The first-order chi connectivity index (χ1) is 11.6. The van der Waals surface area contributed by atoms with Crippen LogP contribution in [0.4, 0.5) is 4.39 Å². The van der Waals surface area contributed by atoms with Gasteiger partial charge in [-0.25, -0.2) is 9.82 Å². The van der Waals surface area contributed by atoms with Gasteiger partial charge in [-0.2, -0.15) is 5.10 Å². The molecule has 124 valence electrons. The zero-order chi connectivity index (χ0) is 17.4. The number of carbonyl (C=O) groups excluding carboxylic acids is 2. The highest BCUT2D eigenvalue weighted by Crippen LogP contribution is 2.12. The van der Waals surface area contributed by atoms with E-state index in [0.717, 1.165) is 0 Å².